The van der Waals surface area contributed by atoms with E-state index >= 15 is 0 Å². The van der Waals surface area contributed by atoms with Crippen LogP contribution in [0.15, 0.2) is 12.1 Å². The molecule has 1 aromatic carbocycles. The predicted octanol–water partition coefficient (Wildman–Crippen LogP) is 3.31. The van der Waals surface area contributed by atoms with E-state index in [9.17, 15) is 19.5 Å². The van der Waals surface area contributed by atoms with Crippen LogP contribution >= 0.6 is 11.8 Å². The maximum Gasteiger partial charge on any atom is 0.335 e. The van der Waals surface area contributed by atoms with Gasteiger partial charge in [0.25, 0.3) is 0 Å². The van der Waals surface area contributed by atoms with Gasteiger partial charge in [-0.05, 0) is 35.1 Å². The van der Waals surface area contributed by atoms with E-state index in [2.05, 4.69) is 0 Å². The van der Waals surface area contributed by atoms with Gasteiger partial charge >= 0.3 is 5.97 Å². The number of benzene rings is 1. The number of thioether (sulfide) groups is 1. The summed E-state index contributed by atoms with van der Waals surface area (Å²) < 4.78 is 0. The summed E-state index contributed by atoms with van der Waals surface area (Å²) in [5.74, 6) is -0.428. The van der Waals surface area contributed by atoms with E-state index in [0.717, 1.165) is 16.7 Å². The number of carbonyl (C=O) groups is 3. The van der Waals surface area contributed by atoms with Gasteiger partial charge in [0.05, 0.1) is 5.56 Å². The summed E-state index contributed by atoms with van der Waals surface area (Å²) in [6.07, 6.45) is 0.549. The van der Waals surface area contributed by atoms with E-state index in [1.54, 1.807) is 11.0 Å². The minimum absolute atomic E-state index is 0.0105. The second-order valence-corrected chi connectivity index (χ2v) is 8.08. The van der Waals surface area contributed by atoms with Crippen LogP contribution in [0, 0.1) is 5.92 Å². The van der Waals surface area contributed by atoms with Crippen LogP contribution in [0.25, 0.3) is 0 Å². The Kier molecular flexibility index (Phi) is 6.27. The molecular formula is C19H25NO4S. The standard InChI is InChI=1S/C19H25NO4S/c1-11(2)14-7-15-9-20(18(22)12(3)10-25-13(4)21)6-5-16(15)17(8-14)19(23)24/h7-8,11-12H,5-6,9-10H2,1-4H3,(H,23,24). The molecule has 1 unspecified atom stereocenters. The molecule has 1 amide bonds. The van der Waals surface area contributed by atoms with Crippen LogP contribution in [0.4, 0.5) is 0 Å². The number of carboxylic acid groups (broad SMARTS) is 1. The van der Waals surface area contributed by atoms with Gasteiger partial charge in [-0.25, -0.2) is 4.79 Å². The Morgan fingerprint density at radius 3 is 2.48 bits per heavy atom. The molecule has 0 aliphatic carbocycles. The van der Waals surface area contributed by atoms with Gasteiger partial charge in [0, 0.05) is 31.7 Å². The smallest absolute Gasteiger partial charge is 0.335 e. The summed E-state index contributed by atoms with van der Waals surface area (Å²) in [4.78, 5) is 37.1. The molecule has 0 bridgehead atoms. The van der Waals surface area contributed by atoms with Crippen molar-refractivity contribution in [3.8, 4) is 0 Å². The maximum absolute atomic E-state index is 12.6. The molecule has 0 radical (unpaired) electrons. The first-order valence-corrected chi connectivity index (χ1v) is 9.50. The summed E-state index contributed by atoms with van der Waals surface area (Å²) >= 11 is 1.17. The Bertz CT molecular complexity index is 699. The lowest BCUT2D eigenvalue weighted by molar-refractivity contribution is -0.135. The molecule has 6 heteroatoms. The number of aromatic carboxylic acids is 1. The lowest BCUT2D eigenvalue weighted by Gasteiger charge is -2.32. The number of fused-ring (bicyclic) bond motifs is 1. The molecule has 0 fully saturated rings. The second kappa shape index (κ2) is 8.04. The SMILES string of the molecule is CC(=O)SCC(C)C(=O)N1CCc2c(cc(C(C)C)cc2C(=O)O)C1. The molecule has 0 saturated carbocycles. The fraction of sp³-hybridized carbons (Fsp3) is 0.526. The van der Waals surface area contributed by atoms with Crippen LogP contribution in [-0.4, -0.2) is 39.3 Å². The molecule has 1 aliphatic heterocycles. The topological polar surface area (TPSA) is 74.7 Å². The molecule has 1 aliphatic rings. The fourth-order valence-electron chi connectivity index (χ4n) is 3.06. The Hall–Kier alpha value is -1.82. The van der Waals surface area contributed by atoms with Crippen molar-refractivity contribution in [1.82, 2.24) is 4.90 Å². The van der Waals surface area contributed by atoms with Gasteiger partial charge in [0.1, 0.15) is 0 Å². The highest BCUT2D eigenvalue weighted by Gasteiger charge is 2.28. The normalized spacial score (nSPS) is 15.0. The monoisotopic (exact) mass is 363 g/mol. The van der Waals surface area contributed by atoms with Crippen LogP contribution in [0.2, 0.25) is 0 Å². The lowest BCUT2D eigenvalue weighted by Crippen LogP contribution is -2.40. The molecular weight excluding hydrogens is 338 g/mol. The van der Waals surface area contributed by atoms with Crippen molar-refractivity contribution in [2.45, 2.75) is 46.6 Å². The molecule has 25 heavy (non-hydrogen) atoms. The first-order chi connectivity index (χ1) is 11.7. The zero-order chi connectivity index (χ0) is 18.7. The minimum atomic E-state index is -0.912. The van der Waals surface area contributed by atoms with Gasteiger partial charge in [-0.3, -0.25) is 9.59 Å². The van der Waals surface area contributed by atoms with Crippen LogP contribution in [-0.2, 0) is 22.6 Å². The fourth-order valence-corrected chi connectivity index (χ4v) is 3.69. The molecule has 1 aromatic rings. The Morgan fingerprint density at radius 2 is 1.92 bits per heavy atom. The Labute approximate surface area is 152 Å². The van der Waals surface area contributed by atoms with Gasteiger partial charge in [0.2, 0.25) is 5.91 Å². The van der Waals surface area contributed by atoms with Crippen LogP contribution in [0.1, 0.15) is 60.7 Å². The summed E-state index contributed by atoms with van der Waals surface area (Å²) in [6.45, 7) is 8.34. The molecule has 1 atom stereocenters. The molecule has 5 nitrogen and oxygen atoms in total. The first-order valence-electron chi connectivity index (χ1n) is 8.51. The van der Waals surface area contributed by atoms with E-state index in [1.807, 2.05) is 26.8 Å². The van der Waals surface area contributed by atoms with E-state index in [0.29, 0.717) is 30.8 Å². The average Bonchev–Trinajstić information content (AvgIpc) is 2.56. The summed E-state index contributed by atoms with van der Waals surface area (Å²) in [7, 11) is 0. The molecule has 0 spiro atoms. The lowest BCUT2D eigenvalue weighted by atomic mass is 9.88. The summed E-state index contributed by atoms with van der Waals surface area (Å²) in [5, 5.41) is 9.53. The second-order valence-electron chi connectivity index (χ2n) is 6.88. The number of amides is 1. The third-order valence-electron chi connectivity index (χ3n) is 4.52. The number of nitrogens with zero attached hydrogens (tertiary/aromatic N) is 1. The quantitative estimate of drug-likeness (QED) is 0.869. The molecule has 0 saturated heterocycles. The molecule has 1 heterocycles. The van der Waals surface area contributed by atoms with Gasteiger partial charge in [-0.15, -0.1) is 0 Å². The molecule has 2 rings (SSSR count). The van der Waals surface area contributed by atoms with E-state index in [-0.39, 0.29) is 22.9 Å². The zero-order valence-corrected chi connectivity index (χ0v) is 16.0. The van der Waals surface area contributed by atoms with Gasteiger partial charge in [0.15, 0.2) is 5.12 Å². The maximum atomic E-state index is 12.6. The summed E-state index contributed by atoms with van der Waals surface area (Å²) in [6, 6.07) is 3.79. The van der Waals surface area contributed by atoms with Crippen molar-refractivity contribution in [2.75, 3.05) is 12.3 Å². The number of carbonyl (C=O) groups excluding carboxylic acids is 2. The van der Waals surface area contributed by atoms with Gasteiger partial charge in [-0.2, -0.15) is 0 Å². The number of hydrogen-bond donors (Lipinski definition) is 1. The van der Waals surface area contributed by atoms with Crippen molar-refractivity contribution in [3.05, 3.63) is 34.4 Å². The number of carboxylic acids is 1. The van der Waals surface area contributed by atoms with Gasteiger partial charge in [-0.1, -0.05) is 38.6 Å². The van der Waals surface area contributed by atoms with E-state index < -0.39 is 5.97 Å². The largest absolute Gasteiger partial charge is 0.478 e. The van der Waals surface area contributed by atoms with Crippen molar-refractivity contribution in [2.24, 2.45) is 5.92 Å². The first kappa shape index (κ1) is 19.5. The van der Waals surface area contributed by atoms with Gasteiger partial charge < -0.3 is 10.0 Å². The third-order valence-corrected chi connectivity index (χ3v) is 5.60. The van der Waals surface area contributed by atoms with Crippen molar-refractivity contribution < 1.29 is 19.5 Å². The van der Waals surface area contributed by atoms with E-state index in [4.69, 9.17) is 0 Å². The predicted molar refractivity (Wildman–Crippen MR) is 98.9 cm³/mol. The Balaban J connectivity index is 2.23. The van der Waals surface area contributed by atoms with Crippen molar-refractivity contribution >= 4 is 28.8 Å². The minimum Gasteiger partial charge on any atom is -0.478 e. The van der Waals surface area contributed by atoms with Crippen LogP contribution < -0.4 is 0 Å². The highest BCUT2D eigenvalue weighted by atomic mass is 32.2. The highest BCUT2D eigenvalue weighted by Crippen LogP contribution is 2.28. The molecule has 0 aromatic heterocycles. The average molecular weight is 363 g/mol. The molecule has 1 N–H and O–H groups in total. The van der Waals surface area contributed by atoms with Crippen LogP contribution in [0.3, 0.4) is 0 Å². The van der Waals surface area contributed by atoms with E-state index in [1.165, 1.54) is 18.7 Å². The zero-order valence-electron chi connectivity index (χ0n) is 15.2. The third kappa shape index (κ3) is 4.63. The number of hydrogen-bond acceptors (Lipinski definition) is 4. The summed E-state index contributed by atoms with van der Waals surface area (Å²) in [5.41, 5.74) is 3.10. The molecule has 136 valence electrons. The highest BCUT2D eigenvalue weighted by molar-refractivity contribution is 8.13. The van der Waals surface area contributed by atoms with Crippen LogP contribution in [0.5, 0.6) is 0 Å². The number of rotatable bonds is 5. The van der Waals surface area contributed by atoms with Crippen molar-refractivity contribution in [3.63, 3.8) is 0 Å². The van der Waals surface area contributed by atoms with Crippen molar-refractivity contribution in [1.29, 1.82) is 0 Å². The Morgan fingerprint density at radius 1 is 1.24 bits per heavy atom.